The topological polar surface area (TPSA) is 75.6 Å². The van der Waals surface area contributed by atoms with E-state index in [-0.39, 0.29) is 0 Å². The number of rotatable bonds is 6. The van der Waals surface area contributed by atoms with E-state index in [4.69, 9.17) is 9.84 Å². The van der Waals surface area contributed by atoms with Gasteiger partial charge in [-0.1, -0.05) is 21.6 Å². The number of aliphatic carboxylic acids is 1. The Morgan fingerprint density at radius 2 is 1.78 bits per heavy atom. The summed E-state index contributed by atoms with van der Waals surface area (Å²) in [6.45, 7) is 9.14. The van der Waals surface area contributed by atoms with Crippen molar-refractivity contribution in [2.24, 2.45) is 0 Å². The molecule has 0 rings (SSSR count). The molecule has 7 heteroatoms. The maximum absolute atomic E-state index is 11.3. The van der Waals surface area contributed by atoms with E-state index in [1.165, 1.54) is 21.6 Å². The van der Waals surface area contributed by atoms with Crippen LogP contribution in [0, 0.1) is 0 Å². The smallest absolute Gasteiger partial charge is 0.407 e. The third-order valence-corrected chi connectivity index (χ3v) is 4.82. The van der Waals surface area contributed by atoms with Crippen molar-refractivity contribution in [3.05, 3.63) is 0 Å². The normalized spacial score (nSPS) is 12.1. The Labute approximate surface area is 116 Å². The molecule has 5 nitrogen and oxygen atoms in total. The average Bonchev–Trinajstić information content (AvgIpc) is 2.13. The molecule has 2 N–H and O–H groups in total. The Bertz CT molecular complexity index is 300. The molecule has 0 aliphatic rings. The molecule has 1 amide bonds. The van der Waals surface area contributed by atoms with Crippen molar-refractivity contribution in [3.8, 4) is 0 Å². The molecule has 0 bridgehead atoms. The van der Waals surface area contributed by atoms with Crippen LogP contribution in [0.4, 0.5) is 4.79 Å². The van der Waals surface area contributed by atoms with Crippen molar-refractivity contribution in [1.82, 2.24) is 5.32 Å². The summed E-state index contributed by atoms with van der Waals surface area (Å²) in [5.41, 5.74) is -0.503. The number of nitrogens with one attached hydrogen (secondary N) is 1. The van der Waals surface area contributed by atoms with Crippen molar-refractivity contribution in [1.29, 1.82) is 0 Å². The number of hydrogen-bond donors (Lipinski definition) is 2. The number of amides is 1. The number of hydrogen-bond acceptors (Lipinski definition) is 5. The van der Waals surface area contributed by atoms with E-state index in [0.717, 1.165) is 0 Å². The molecule has 0 saturated carbocycles. The maximum Gasteiger partial charge on any atom is 0.407 e. The standard InChI is InChI=1S/C11H21NO4S2/c1-10(2,3)16-9(15)12-6-7-17-18-11(4,5)8(13)14/h6-7H2,1-5H3,(H,12,15)(H,13,14). The van der Waals surface area contributed by atoms with E-state index < -0.39 is 22.4 Å². The van der Waals surface area contributed by atoms with Crippen LogP contribution in [0.5, 0.6) is 0 Å². The summed E-state index contributed by atoms with van der Waals surface area (Å²) < 4.78 is 4.24. The van der Waals surface area contributed by atoms with Crippen molar-refractivity contribution in [3.63, 3.8) is 0 Å². The van der Waals surface area contributed by atoms with Crippen LogP contribution in [0.3, 0.4) is 0 Å². The molecule has 0 heterocycles. The van der Waals surface area contributed by atoms with Gasteiger partial charge in [0.25, 0.3) is 0 Å². The molecular weight excluding hydrogens is 274 g/mol. The lowest BCUT2D eigenvalue weighted by molar-refractivity contribution is -0.138. The van der Waals surface area contributed by atoms with Crippen LogP contribution in [0.25, 0.3) is 0 Å². The first kappa shape index (κ1) is 17.4. The number of alkyl carbamates (subject to hydrolysis) is 1. The van der Waals surface area contributed by atoms with E-state index in [0.29, 0.717) is 12.3 Å². The molecule has 0 aromatic heterocycles. The average molecular weight is 295 g/mol. The first-order valence-corrected chi connectivity index (χ1v) is 7.87. The van der Waals surface area contributed by atoms with E-state index in [2.05, 4.69) is 5.32 Å². The number of carboxylic acid groups (broad SMARTS) is 1. The molecule has 0 spiro atoms. The summed E-state index contributed by atoms with van der Waals surface area (Å²) in [7, 11) is 2.69. The first-order valence-electron chi connectivity index (χ1n) is 5.55. The molecule has 0 unspecified atom stereocenters. The Balaban J connectivity index is 3.70. The summed E-state index contributed by atoms with van der Waals surface area (Å²) >= 11 is 0. The summed E-state index contributed by atoms with van der Waals surface area (Å²) in [5, 5.41) is 11.5. The van der Waals surface area contributed by atoms with Crippen molar-refractivity contribution < 1.29 is 19.4 Å². The van der Waals surface area contributed by atoms with E-state index in [1.54, 1.807) is 34.6 Å². The fourth-order valence-electron chi connectivity index (χ4n) is 0.734. The zero-order valence-electron chi connectivity index (χ0n) is 11.4. The molecule has 0 atom stereocenters. The monoisotopic (exact) mass is 295 g/mol. The lowest BCUT2D eigenvalue weighted by atomic mass is 10.2. The van der Waals surface area contributed by atoms with Gasteiger partial charge in [-0.2, -0.15) is 0 Å². The van der Waals surface area contributed by atoms with Gasteiger partial charge in [0, 0.05) is 12.3 Å². The summed E-state index contributed by atoms with van der Waals surface area (Å²) in [6.07, 6.45) is -0.453. The van der Waals surface area contributed by atoms with E-state index in [9.17, 15) is 9.59 Å². The van der Waals surface area contributed by atoms with E-state index >= 15 is 0 Å². The highest BCUT2D eigenvalue weighted by Crippen LogP contribution is 2.35. The van der Waals surface area contributed by atoms with Crippen LogP contribution in [-0.4, -0.2) is 39.8 Å². The number of carbonyl (C=O) groups excluding carboxylic acids is 1. The molecule has 18 heavy (non-hydrogen) atoms. The fourth-order valence-corrected chi connectivity index (χ4v) is 2.97. The Morgan fingerprint density at radius 3 is 2.22 bits per heavy atom. The van der Waals surface area contributed by atoms with Crippen LogP contribution in [0.15, 0.2) is 0 Å². The zero-order chi connectivity index (χ0) is 14.4. The molecule has 0 radical (unpaired) electrons. The van der Waals surface area contributed by atoms with Gasteiger partial charge in [-0.15, -0.1) is 0 Å². The lowest BCUT2D eigenvalue weighted by Crippen LogP contribution is -2.33. The van der Waals surface area contributed by atoms with Gasteiger partial charge < -0.3 is 15.2 Å². The number of ether oxygens (including phenoxy) is 1. The second-order valence-corrected chi connectivity index (χ2v) is 8.19. The molecule has 0 aromatic rings. The van der Waals surface area contributed by atoms with Crippen molar-refractivity contribution in [2.45, 2.75) is 45.0 Å². The minimum absolute atomic E-state index is 0.447. The highest BCUT2D eigenvalue weighted by Gasteiger charge is 2.27. The highest BCUT2D eigenvalue weighted by atomic mass is 33.1. The fraction of sp³-hybridized carbons (Fsp3) is 0.818. The number of carboxylic acids is 1. The minimum Gasteiger partial charge on any atom is -0.480 e. The highest BCUT2D eigenvalue weighted by molar-refractivity contribution is 8.77. The molecule has 0 aromatic carbocycles. The molecule has 0 aliphatic heterocycles. The van der Waals surface area contributed by atoms with Crippen LogP contribution in [0.1, 0.15) is 34.6 Å². The number of carbonyl (C=O) groups is 2. The molecule has 0 saturated heterocycles. The van der Waals surface area contributed by atoms with Crippen LogP contribution < -0.4 is 5.32 Å². The largest absolute Gasteiger partial charge is 0.480 e. The van der Waals surface area contributed by atoms with Crippen LogP contribution in [-0.2, 0) is 9.53 Å². The second-order valence-electron chi connectivity index (χ2n) is 5.15. The van der Waals surface area contributed by atoms with Gasteiger partial charge in [0.15, 0.2) is 0 Å². The minimum atomic E-state index is -0.847. The van der Waals surface area contributed by atoms with Gasteiger partial charge in [-0.3, -0.25) is 4.79 Å². The Kier molecular flexibility index (Phi) is 6.91. The van der Waals surface area contributed by atoms with Gasteiger partial charge in [-0.05, 0) is 34.6 Å². The first-order chi connectivity index (χ1) is 8.04. The second kappa shape index (κ2) is 7.13. The maximum atomic E-state index is 11.3. The quantitative estimate of drug-likeness (QED) is 0.579. The predicted molar refractivity (Wildman–Crippen MR) is 76.0 cm³/mol. The molecular formula is C11H21NO4S2. The Morgan fingerprint density at radius 1 is 1.22 bits per heavy atom. The lowest BCUT2D eigenvalue weighted by Gasteiger charge is -2.20. The summed E-state index contributed by atoms with van der Waals surface area (Å²) in [6, 6.07) is 0. The van der Waals surface area contributed by atoms with Gasteiger partial charge in [-0.25, -0.2) is 4.79 Å². The van der Waals surface area contributed by atoms with Gasteiger partial charge in [0.2, 0.25) is 0 Å². The molecule has 106 valence electrons. The van der Waals surface area contributed by atoms with Crippen LogP contribution >= 0.6 is 21.6 Å². The summed E-state index contributed by atoms with van der Waals surface area (Å²) in [4.78, 5) is 22.1. The summed E-state index contributed by atoms with van der Waals surface area (Å²) in [5.74, 6) is -0.222. The molecule has 0 fully saturated rings. The van der Waals surface area contributed by atoms with Gasteiger partial charge >= 0.3 is 12.1 Å². The van der Waals surface area contributed by atoms with Crippen molar-refractivity contribution in [2.75, 3.05) is 12.3 Å². The van der Waals surface area contributed by atoms with Gasteiger partial charge in [0.1, 0.15) is 10.3 Å². The SMILES string of the molecule is CC(C)(C)OC(=O)NCCSSC(C)(C)C(=O)O. The third kappa shape index (κ3) is 8.52. The van der Waals surface area contributed by atoms with Crippen LogP contribution in [0.2, 0.25) is 0 Å². The molecule has 0 aliphatic carbocycles. The van der Waals surface area contributed by atoms with Gasteiger partial charge in [0.05, 0.1) is 0 Å². The van der Waals surface area contributed by atoms with Crippen molar-refractivity contribution >= 4 is 33.7 Å². The van der Waals surface area contributed by atoms with E-state index in [1.807, 2.05) is 0 Å². The zero-order valence-corrected chi connectivity index (χ0v) is 13.0. The predicted octanol–water partition coefficient (Wildman–Crippen LogP) is 2.76. The third-order valence-electron chi connectivity index (χ3n) is 1.64. The Hall–Kier alpha value is -0.560.